The van der Waals surface area contributed by atoms with E-state index in [9.17, 15) is 14.4 Å². The zero-order valence-electron chi connectivity index (χ0n) is 8.43. The maximum Gasteiger partial charge on any atom is 0.323 e. The van der Waals surface area contributed by atoms with Gasteiger partial charge in [-0.1, -0.05) is 0 Å². The molecule has 0 spiro atoms. The fourth-order valence-electron chi connectivity index (χ4n) is 1.06. The molecule has 0 bridgehead atoms. The summed E-state index contributed by atoms with van der Waals surface area (Å²) < 4.78 is 8.73. The number of hydrogen-bond acceptors (Lipinski definition) is 6. The van der Waals surface area contributed by atoms with E-state index in [0.717, 1.165) is 14.2 Å². The van der Waals surface area contributed by atoms with Crippen molar-refractivity contribution in [1.82, 2.24) is 0 Å². The molecule has 0 aromatic heterocycles. The van der Waals surface area contributed by atoms with Gasteiger partial charge in [-0.15, -0.1) is 0 Å². The minimum atomic E-state index is -1.31. The van der Waals surface area contributed by atoms with Crippen molar-refractivity contribution in [1.29, 1.82) is 5.26 Å². The molecule has 0 heterocycles. The Labute approximate surface area is 86.8 Å². The summed E-state index contributed by atoms with van der Waals surface area (Å²) in [4.78, 5) is 32.6. The van der Waals surface area contributed by atoms with Gasteiger partial charge in [0.05, 0.1) is 26.2 Å². The van der Waals surface area contributed by atoms with Crippen molar-refractivity contribution >= 4 is 18.2 Å². The zero-order valence-corrected chi connectivity index (χ0v) is 8.43. The van der Waals surface area contributed by atoms with Gasteiger partial charge in [0.1, 0.15) is 6.29 Å². The minimum Gasteiger partial charge on any atom is -0.469 e. The quantitative estimate of drug-likeness (QED) is 0.458. The van der Waals surface area contributed by atoms with E-state index >= 15 is 0 Å². The first kappa shape index (κ1) is 13.1. The molecule has 0 aliphatic carbocycles. The summed E-state index contributed by atoms with van der Waals surface area (Å²) in [5.74, 6) is -4.05. The number of carbonyl (C=O) groups excluding carboxylic acids is 3. The zero-order chi connectivity index (χ0) is 11.8. The van der Waals surface area contributed by atoms with Crippen LogP contribution in [0.5, 0.6) is 0 Å². The highest BCUT2D eigenvalue weighted by Gasteiger charge is 2.35. The van der Waals surface area contributed by atoms with E-state index in [1.807, 2.05) is 0 Å². The van der Waals surface area contributed by atoms with Crippen LogP contribution in [0.4, 0.5) is 0 Å². The fraction of sp³-hybridized carbons (Fsp3) is 0.556. The predicted molar refractivity (Wildman–Crippen MR) is 47.3 cm³/mol. The number of carbonyl (C=O) groups is 3. The molecule has 0 aliphatic rings. The first-order chi connectivity index (χ1) is 7.12. The fourth-order valence-corrected chi connectivity index (χ4v) is 1.06. The van der Waals surface area contributed by atoms with Gasteiger partial charge in [-0.2, -0.15) is 5.26 Å². The molecule has 0 saturated carbocycles. The molecule has 6 heteroatoms. The molecule has 2 atom stereocenters. The molecule has 82 valence electrons. The summed E-state index contributed by atoms with van der Waals surface area (Å²) in [5.41, 5.74) is 0. The van der Waals surface area contributed by atoms with Gasteiger partial charge in [0.25, 0.3) is 0 Å². The molecule has 15 heavy (non-hydrogen) atoms. The number of nitriles is 1. The largest absolute Gasteiger partial charge is 0.469 e. The van der Waals surface area contributed by atoms with Crippen molar-refractivity contribution in [2.45, 2.75) is 6.42 Å². The monoisotopic (exact) mass is 213 g/mol. The van der Waals surface area contributed by atoms with Crippen molar-refractivity contribution in [2.24, 2.45) is 11.8 Å². The molecule has 0 rings (SSSR count). The summed E-state index contributed by atoms with van der Waals surface area (Å²) in [6.07, 6.45) is 0.203. The summed E-state index contributed by atoms with van der Waals surface area (Å²) >= 11 is 0. The Kier molecular flexibility index (Phi) is 5.71. The normalized spacial score (nSPS) is 13.1. The van der Waals surface area contributed by atoms with Gasteiger partial charge in [0.15, 0.2) is 5.92 Å². The second-order valence-corrected chi connectivity index (χ2v) is 2.66. The predicted octanol–water partition coefficient (Wildman–Crippen LogP) is -0.323. The summed E-state index contributed by atoms with van der Waals surface area (Å²) in [6, 6.07) is 1.62. The summed E-state index contributed by atoms with van der Waals surface area (Å²) in [5, 5.41) is 8.69. The van der Waals surface area contributed by atoms with Gasteiger partial charge in [0.2, 0.25) is 0 Å². The molecule has 0 aromatic carbocycles. The molecule has 0 radical (unpaired) electrons. The Bertz CT molecular complexity index is 293. The standard InChI is InChI=1S/C9H11NO5/c1-14-8(12)6(3-4-11)7(5-10)9(13)15-2/h4,6-7H,3H2,1-2H3. The molecule has 0 aliphatic heterocycles. The van der Waals surface area contributed by atoms with Gasteiger partial charge in [-0.25, -0.2) is 0 Å². The van der Waals surface area contributed by atoms with Crippen molar-refractivity contribution in [3.63, 3.8) is 0 Å². The number of rotatable bonds is 5. The van der Waals surface area contributed by atoms with Crippen molar-refractivity contribution < 1.29 is 23.9 Å². The van der Waals surface area contributed by atoms with Crippen LogP contribution in [0.15, 0.2) is 0 Å². The molecule has 0 amide bonds. The second-order valence-electron chi connectivity index (χ2n) is 2.66. The minimum absolute atomic E-state index is 0.250. The molecule has 2 unspecified atom stereocenters. The van der Waals surface area contributed by atoms with Crippen LogP contribution in [0.25, 0.3) is 0 Å². The van der Waals surface area contributed by atoms with E-state index in [-0.39, 0.29) is 6.42 Å². The van der Waals surface area contributed by atoms with E-state index in [1.54, 1.807) is 6.07 Å². The van der Waals surface area contributed by atoms with Crippen LogP contribution >= 0.6 is 0 Å². The maximum atomic E-state index is 11.2. The highest BCUT2D eigenvalue weighted by Crippen LogP contribution is 2.17. The van der Waals surface area contributed by atoms with Gasteiger partial charge >= 0.3 is 11.9 Å². The second kappa shape index (κ2) is 6.54. The molecule has 0 aromatic rings. The summed E-state index contributed by atoms with van der Waals surface area (Å²) in [7, 11) is 2.22. The highest BCUT2D eigenvalue weighted by molar-refractivity contribution is 5.85. The Morgan fingerprint density at radius 3 is 2.20 bits per heavy atom. The maximum absolute atomic E-state index is 11.2. The average molecular weight is 213 g/mol. The molecule has 0 N–H and O–H groups in total. The van der Waals surface area contributed by atoms with E-state index in [4.69, 9.17) is 5.26 Å². The van der Waals surface area contributed by atoms with Crippen LogP contribution in [0.3, 0.4) is 0 Å². The number of nitrogens with zero attached hydrogens (tertiary/aromatic N) is 1. The van der Waals surface area contributed by atoms with Gasteiger partial charge in [-0.05, 0) is 0 Å². The number of aldehydes is 1. The van der Waals surface area contributed by atoms with Crippen LogP contribution < -0.4 is 0 Å². The number of hydrogen-bond donors (Lipinski definition) is 0. The van der Waals surface area contributed by atoms with E-state index < -0.39 is 23.8 Å². The van der Waals surface area contributed by atoms with Crippen LogP contribution in [-0.4, -0.2) is 32.4 Å². The van der Waals surface area contributed by atoms with E-state index in [0.29, 0.717) is 6.29 Å². The number of ether oxygens (including phenoxy) is 2. The van der Waals surface area contributed by atoms with Crippen LogP contribution in [0.2, 0.25) is 0 Å². The number of esters is 2. The lowest BCUT2D eigenvalue weighted by atomic mass is 9.91. The summed E-state index contributed by atoms with van der Waals surface area (Å²) in [6.45, 7) is 0. The van der Waals surface area contributed by atoms with Crippen LogP contribution in [0.1, 0.15) is 6.42 Å². The third-order valence-corrected chi connectivity index (χ3v) is 1.85. The number of methoxy groups -OCH3 is 2. The first-order valence-electron chi connectivity index (χ1n) is 4.11. The SMILES string of the molecule is COC(=O)C(C#N)C(CC=O)C(=O)OC. The van der Waals surface area contributed by atoms with Gasteiger partial charge in [-0.3, -0.25) is 9.59 Å². The molecular formula is C9H11NO5. The van der Waals surface area contributed by atoms with E-state index in [1.165, 1.54) is 0 Å². The van der Waals surface area contributed by atoms with E-state index in [2.05, 4.69) is 9.47 Å². The van der Waals surface area contributed by atoms with Crippen molar-refractivity contribution in [3.05, 3.63) is 0 Å². The van der Waals surface area contributed by atoms with Gasteiger partial charge < -0.3 is 14.3 Å². The van der Waals surface area contributed by atoms with Gasteiger partial charge in [0, 0.05) is 6.42 Å². The Morgan fingerprint density at radius 2 is 1.87 bits per heavy atom. The van der Waals surface area contributed by atoms with Crippen LogP contribution in [0, 0.1) is 23.2 Å². The average Bonchev–Trinajstić information content (AvgIpc) is 2.27. The van der Waals surface area contributed by atoms with Crippen molar-refractivity contribution in [2.75, 3.05) is 14.2 Å². The lowest BCUT2D eigenvalue weighted by molar-refractivity contribution is -0.155. The molecule has 0 saturated heterocycles. The lowest BCUT2D eigenvalue weighted by Crippen LogP contribution is -2.31. The lowest BCUT2D eigenvalue weighted by Gasteiger charge is -2.15. The smallest absolute Gasteiger partial charge is 0.323 e. The first-order valence-corrected chi connectivity index (χ1v) is 4.11. The topological polar surface area (TPSA) is 93.5 Å². The molecule has 0 fully saturated rings. The third-order valence-electron chi connectivity index (χ3n) is 1.85. The molecule has 6 nitrogen and oxygen atoms in total. The van der Waals surface area contributed by atoms with Crippen LogP contribution in [-0.2, 0) is 23.9 Å². The Balaban J connectivity index is 4.86. The third kappa shape index (κ3) is 3.38. The molecular weight excluding hydrogens is 202 g/mol. The highest BCUT2D eigenvalue weighted by atomic mass is 16.5. The van der Waals surface area contributed by atoms with Crippen molar-refractivity contribution in [3.8, 4) is 6.07 Å². The Morgan fingerprint density at radius 1 is 1.33 bits per heavy atom. The Hall–Kier alpha value is -1.90.